The molecule has 3 rings (SSSR count). The normalized spacial score (nSPS) is 19.4. The summed E-state index contributed by atoms with van der Waals surface area (Å²) in [6, 6.07) is 19.9. The van der Waals surface area contributed by atoms with E-state index in [0.29, 0.717) is 26.1 Å². The fourth-order valence-corrected chi connectivity index (χ4v) is 3.62. The maximum absolute atomic E-state index is 12.7. The number of nitrogens with one attached hydrogen (secondary N) is 2. The van der Waals surface area contributed by atoms with Gasteiger partial charge in [-0.25, -0.2) is 0 Å². The zero-order valence-electron chi connectivity index (χ0n) is 17.4. The molecule has 1 atom stereocenters. The fraction of sp³-hybridized carbons (Fsp3) is 0.360. The van der Waals surface area contributed by atoms with Crippen molar-refractivity contribution in [2.24, 2.45) is 0 Å². The van der Waals surface area contributed by atoms with Crippen LogP contribution in [0.15, 0.2) is 66.7 Å². The molecule has 2 aromatic carbocycles. The second kappa shape index (κ2) is 11.9. The lowest BCUT2D eigenvalue weighted by Crippen LogP contribution is -2.34. The van der Waals surface area contributed by atoms with Crippen molar-refractivity contribution in [2.75, 3.05) is 26.2 Å². The summed E-state index contributed by atoms with van der Waals surface area (Å²) in [4.78, 5) is 27.0. The lowest BCUT2D eigenvalue weighted by atomic mass is 10.0. The molecule has 2 amide bonds. The average Bonchev–Trinajstić information content (AvgIpc) is 2.80. The van der Waals surface area contributed by atoms with E-state index in [1.165, 1.54) is 0 Å². The van der Waals surface area contributed by atoms with Crippen molar-refractivity contribution in [3.05, 3.63) is 77.9 Å². The summed E-state index contributed by atoms with van der Waals surface area (Å²) in [6.45, 7) is 2.80. The molecule has 1 aliphatic heterocycles. The summed E-state index contributed by atoms with van der Waals surface area (Å²) in [5.74, 6) is 0.103. The van der Waals surface area contributed by atoms with Gasteiger partial charge in [-0.1, -0.05) is 60.7 Å². The van der Waals surface area contributed by atoms with Gasteiger partial charge < -0.3 is 15.5 Å². The molecule has 2 N–H and O–H groups in total. The van der Waals surface area contributed by atoms with E-state index in [-0.39, 0.29) is 17.9 Å². The highest BCUT2D eigenvalue weighted by Gasteiger charge is 2.17. The minimum Gasteiger partial charge on any atom is -0.356 e. The highest BCUT2D eigenvalue weighted by atomic mass is 16.2. The third-order valence-electron chi connectivity index (χ3n) is 5.29. The molecule has 0 radical (unpaired) electrons. The molecule has 0 bridgehead atoms. The first-order chi connectivity index (χ1) is 14.7. The van der Waals surface area contributed by atoms with Gasteiger partial charge in [0.05, 0.1) is 0 Å². The minimum atomic E-state index is -0.0194. The van der Waals surface area contributed by atoms with Crippen LogP contribution in [0.4, 0.5) is 0 Å². The van der Waals surface area contributed by atoms with Crippen molar-refractivity contribution in [1.29, 1.82) is 0 Å². The van der Waals surface area contributed by atoms with E-state index in [1.807, 2.05) is 71.6 Å². The SMILES string of the molecule is O=C1C[C@H](c2ccccc2)NCCCN(C(=O)/C=C/c2ccccc2)CCCCN1. The second-order valence-electron chi connectivity index (χ2n) is 7.60. The number of carbonyl (C=O) groups is 2. The Kier molecular flexibility index (Phi) is 8.66. The van der Waals surface area contributed by atoms with Gasteiger partial charge in [-0.2, -0.15) is 0 Å². The van der Waals surface area contributed by atoms with Gasteiger partial charge in [0.2, 0.25) is 11.8 Å². The average molecular weight is 406 g/mol. The van der Waals surface area contributed by atoms with Crippen molar-refractivity contribution < 1.29 is 9.59 Å². The molecule has 0 unspecified atom stereocenters. The molecule has 1 aliphatic rings. The van der Waals surface area contributed by atoms with Crippen LogP contribution in [0.5, 0.6) is 0 Å². The molecule has 30 heavy (non-hydrogen) atoms. The summed E-state index contributed by atoms with van der Waals surface area (Å²) < 4.78 is 0. The van der Waals surface area contributed by atoms with Gasteiger partial charge in [0.15, 0.2) is 0 Å². The van der Waals surface area contributed by atoms with Crippen molar-refractivity contribution in [1.82, 2.24) is 15.5 Å². The minimum absolute atomic E-state index is 0.0194. The van der Waals surface area contributed by atoms with E-state index in [0.717, 1.165) is 36.9 Å². The Morgan fingerprint density at radius 3 is 2.37 bits per heavy atom. The Bertz CT molecular complexity index is 821. The van der Waals surface area contributed by atoms with E-state index >= 15 is 0 Å². The largest absolute Gasteiger partial charge is 0.356 e. The molecule has 0 spiro atoms. The van der Waals surface area contributed by atoms with Crippen LogP contribution in [-0.4, -0.2) is 42.9 Å². The van der Waals surface area contributed by atoms with Gasteiger partial charge in [0, 0.05) is 38.2 Å². The highest BCUT2D eigenvalue weighted by molar-refractivity contribution is 5.91. The number of amides is 2. The molecule has 158 valence electrons. The van der Waals surface area contributed by atoms with Crippen molar-refractivity contribution in [2.45, 2.75) is 31.7 Å². The summed E-state index contributed by atoms with van der Waals surface area (Å²) >= 11 is 0. The van der Waals surface area contributed by atoms with Crippen LogP contribution in [0.3, 0.4) is 0 Å². The van der Waals surface area contributed by atoms with Gasteiger partial charge >= 0.3 is 0 Å². The van der Waals surface area contributed by atoms with E-state index in [1.54, 1.807) is 6.08 Å². The van der Waals surface area contributed by atoms with Crippen LogP contribution in [0.25, 0.3) is 6.08 Å². The first kappa shape index (κ1) is 21.8. The Balaban J connectivity index is 1.61. The van der Waals surface area contributed by atoms with Crippen LogP contribution in [0, 0.1) is 0 Å². The molecular formula is C25H31N3O2. The Morgan fingerprint density at radius 1 is 0.900 bits per heavy atom. The molecule has 0 aliphatic carbocycles. The summed E-state index contributed by atoms with van der Waals surface area (Å²) in [7, 11) is 0. The van der Waals surface area contributed by atoms with Crippen LogP contribution >= 0.6 is 0 Å². The van der Waals surface area contributed by atoms with Gasteiger partial charge in [-0.05, 0) is 43.0 Å². The molecule has 0 saturated carbocycles. The van der Waals surface area contributed by atoms with Gasteiger partial charge in [0.1, 0.15) is 0 Å². The van der Waals surface area contributed by atoms with Crippen LogP contribution in [0.2, 0.25) is 0 Å². The van der Waals surface area contributed by atoms with Crippen molar-refractivity contribution in [3.8, 4) is 0 Å². The topological polar surface area (TPSA) is 61.4 Å². The third-order valence-corrected chi connectivity index (χ3v) is 5.29. The predicted molar refractivity (Wildman–Crippen MR) is 121 cm³/mol. The monoisotopic (exact) mass is 405 g/mol. The molecule has 1 saturated heterocycles. The molecule has 2 aromatic rings. The zero-order valence-corrected chi connectivity index (χ0v) is 17.4. The Hall–Kier alpha value is -2.92. The first-order valence-corrected chi connectivity index (χ1v) is 10.8. The van der Waals surface area contributed by atoms with Crippen LogP contribution in [-0.2, 0) is 9.59 Å². The summed E-state index contributed by atoms with van der Waals surface area (Å²) in [5, 5.41) is 6.52. The first-order valence-electron chi connectivity index (χ1n) is 10.8. The Labute approximate surface area is 179 Å². The van der Waals surface area contributed by atoms with Gasteiger partial charge in [0.25, 0.3) is 0 Å². The molecule has 1 fully saturated rings. The van der Waals surface area contributed by atoms with Crippen molar-refractivity contribution in [3.63, 3.8) is 0 Å². The lowest BCUT2D eigenvalue weighted by molar-refractivity contribution is -0.126. The molecule has 5 nitrogen and oxygen atoms in total. The highest BCUT2D eigenvalue weighted by Crippen LogP contribution is 2.17. The van der Waals surface area contributed by atoms with Gasteiger partial charge in [-0.3, -0.25) is 9.59 Å². The molecule has 5 heteroatoms. The second-order valence-corrected chi connectivity index (χ2v) is 7.60. The number of benzene rings is 2. The van der Waals surface area contributed by atoms with E-state index in [2.05, 4.69) is 10.6 Å². The van der Waals surface area contributed by atoms with E-state index in [9.17, 15) is 9.59 Å². The van der Waals surface area contributed by atoms with Crippen LogP contribution in [0.1, 0.15) is 42.9 Å². The quantitative estimate of drug-likeness (QED) is 0.768. The standard InChI is InChI=1S/C25H31N3O2/c29-24-20-23(22-12-5-2-6-13-22)26-17-9-19-28(18-8-7-16-27-24)25(30)15-14-21-10-3-1-4-11-21/h1-6,10-15,23,26H,7-9,16-20H2,(H,27,29)/b15-14+/t23-/m1/s1. The lowest BCUT2D eigenvalue weighted by Gasteiger charge is -2.22. The number of carbonyl (C=O) groups excluding carboxylic acids is 2. The van der Waals surface area contributed by atoms with E-state index in [4.69, 9.17) is 0 Å². The van der Waals surface area contributed by atoms with Crippen molar-refractivity contribution >= 4 is 17.9 Å². The number of nitrogens with zero attached hydrogens (tertiary/aromatic N) is 1. The molecule has 1 heterocycles. The molecular weight excluding hydrogens is 374 g/mol. The summed E-state index contributed by atoms with van der Waals surface area (Å²) in [6.07, 6.45) is 6.53. The summed E-state index contributed by atoms with van der Waals surface area (Å²) in [5.41, 5.74) is 2.13. The molecule has 0 aromatic heterocycles. The maximum atomic E-state index is 12.7. The fourth-order valence-electron chi connectivity index (χ4n) is 3.62. The maximum Gasteiger partial charge on any atom is 0.246 e. The third kappa shape index (κ3) is 7.16. The zero-order chi connectivity index (χ0) is 21.0. The number of rotatable bonds is 3. The smallest absolute Gasteiger partial charge is 0.246 e. The number of hydrogen-bond donors (Lipinski definition) is 2. The van der Waals surface area contributed by atoms with Crippen LogP contribution < -0.4 is 10.6 Å². The number of hydrogen-bond acceptors (Lipinski definition) is 3. The van der Waals surface area contributed by atoms with Gasteiger partial charge in [-0.15, -0.1) is 0 Å². The predicted octanol–water partition coefficient (Wildman–Crippen LogP) is 3.55. The Morgan fingerprint density at radius 2 is 1.60 bits per heavy atom. The van der Waals surface area contributed by atoms with E-state index < -0.39 is 0 Å².